The molecule has 170 valence electrons. The standard InChI is InChI=1S/C24H21N7O3/c1-3-16-6-4-7-17(10-16)20-11-21(28-24(25)27-20)22-13-31(30-29-22)12-18-8-5-9-19(26-18)15(2)34-14-23(32)33/h1,4-11,13,15H,12,14H2,2H3,(H,32,33)(H2,25,27,28). The van der Waals surface area contributed by atoms with E-state index in [9.17, 15) is 4.79 Å². The quantitative estimate of drug-likeness (QED) is 0.383. The highest BCUT2D eigenvalue weighted by Gasteiger charge is 2.13. The number of nitrogens with two attached hydrogens (primary N) is 1. The lowest BCUT2D eigenvalue weighted by molar-refractivity contribution is -0.144. The molecule has 0 saturated heterocycles. The second kappa shape index (κ2) is 9.89. The molecule has 0 amide bonds. The van der Waals surface area contributed by atoms with Crippen molar-refractivity contribution in [3.8, 4) is 35.0 Å². The fourth-order valence-corrected chi connectivity index (χ4v) is 3.27. The number of hydrogen-bond donors (Lipinski definition) is 2. The molecule has 0 saturated carbocycles. The van der Waals surface area contributed by atoms with E-state index in [-0.39, 0.29) is 5.95 Å². The zero-order valence-corrected chi connectivity index (χ0v) is 18.3. The van der Waals surface area contributed by atoms with Gasteiger partial charge in [-0.3, -0.25) is 4.98 Å². The number of carboxylic acids is 1. The Hall–Kier alpha value is -4.62. The van der Waals surface area contributed by atoms with Gasteiger partial charge in [-0.2, -0.15) is 0 Å². The molecule has 1 unspecified atom stereocenters. The monoisotopic (exact) mass is 455 g/mol. The first-order chi connectivity index (χ1) is 16.4. The lowest BCUT2D eigenvalue weighted by Crippen LogP contribution is -2.12. The molecule has 0 aliphatic heterocycles. The summed E-state index contributed by atoms with van der Waals surface area (Å²) in [5, 5.41) is 17.2. The van der Waals surface area contributed by atoms with Gasteiger partial charge in [-0.15, -0.1) is 11.5 Å². The van der Waals surface area contributed by atoms with Crippen LogP contribution < -0.4 is 5.73 Å². The number of pyridine rings is 1. The number of ether oxygens (including phenoxy) is 1. The van der Waals surface area contributed by atoms with Crippen molar-refractivity contribution in [2.24, 2.45) is 0 Å². The third-order valence-electron chi connectivity index (χ3n) is 4.90. The number of nitrogens with zero attached hydrogens (tertiary/aromatic N) is 6. The second-order valence-electron chi connectivity index (χ2n) is 7.42. The van der Waals surface area contributed by atoms with Crippen molar-refractivity contribution in [2.45, 2.75) is 19.6 Å². The number of nitrogen functional groups attached to an aromatic ring is 1. The summed E-state index contributed by atoms with van der Waals surface area (Å²) in [5.74, 6) is 1.68. The molecule has 10 nitrogen and oxygen atoms in total. The molecular formula is C24H21N7O3. The van der Waals surface area contributed by atoms with Gasteiger partial charge in [0, 0.05) is 11.1 Å². The maximum absolute atomic E-state index is 10.7. The number of hydrogen-bond acceptors (Lipinski definition) is 8. The summed E-state index contributed by atoms with van der Waals surface area (Å²) >= 11 is 0. The van der Waals surface area contributed by atoms with Gasteiger partial charge in [0.05, 0.1) is 41.6 Å². The SMILES string of the molecule is C#Cc1cccc(-c2cc(-c3cn(Cc4cccc(C(C)OCC(=O)O)n4)nn3)nc(N)n2)c1. The second-order valence-corrected chi connectivity index (χ2v) is 7.42. The number of carboxylic acid groups (broad SMARTS) is 1. The molecule has 3 heterocycles. The first-order valence-electron chi connectivity index (χ1n) is 10.3. The van der Waals surface area contributed by atoms with Gasteiger partial charge in [-0.25, -0.2) is 19.4 Å². The first-order valence-corrected chi connectivity index (χ1v) is 10.3. The molecule has 0 aliphatic carbocycles. The Morgan fingerprint density at radius 2 is 1.94 bits per heavy atom. The minimum Gasteiger partial charge on any atom is -0.480 e. The molecular weight excluding hydrogens is 434 g/mol. The molecule has 34 heavy (non-hydrogen) atoms. The topological polar surface area (TPSA) is 142 Å². The van der Waals surface area contributed by atoms with Crippen LogP contribution in [0.25, 0.3) is 22.6 Å². The highest BCUT2D eigenvalue weighted by atomic mass is 16.5. The summed E-state index contributed by atoms with van der Waals surface area (Å²) in [7, 11) is 0. The largest absolute Gasteiger partial charge is 0.480 e. The first kappa shape index (κ1) is 22.6. The van der Waals surface area contributed by atoms with Gasteiger partial charge < -0.3 is 15.6 Å². The van der Waals surface area contributed by atoms with E-state index in [0.717, 1.165) is 11.1 Å². The van der Waals surface area contributed by atoms with Gasteiger partial charge in [0.1, 0.15) is 12.3 Å². The fourth-order valence-electron chi connectivity index (χ4n) is 3.27. The lowest BCUT2D eigenvalue weighted by Gasteiger charge is -2.12. The van der Waals surface area contributed by atoms with Gasteiger partial charge in [0.25, 0.3) is 0 Å². The van der Waals surface area contributed by atoms with Gasteiger partial charge in [-0.1, -0.05) is 29.3 Å². The zero-order valence-electron chi connectivity index (χ0n) is 18.3. The average Bonchev–Trinajstić information content (AvgIpc) is 3.31. The van der Waals surface area contributed by atoms with Gasteiger partial charge in [0.2, 0.25) is 5.95 Å². The number of rotatable bonds is 8. The van der Waals surface area contributed by atoms with Gasteiger partial charge >= 0.3 is 5.97 Å². The number of aromatic nitrogens is 6. The van der Waals surface area contributed by atoms with Crippen LogP contribution >= 0.6 is 0 Å². The summed E-state index contributed by atoms with van der Waals surface area (Å²) in [5.41, 5.74) is 10.5. The van der Waals surface area contributed by atoms with E-state index >= 15 is 0 Å². The molecule has 0 spiro atoms. The molecule has 1 aromatic carbocycles. The van der Waals surface area contributed by atoms with E-state index in [1.165, 1.54) is 0 Å². The molecule has 3 aromatic heterocycles. The zero-order chi connectivity index (χ0) is 24.1. The summed E-state index contributed by atoms with van der Waals surface area (Å²) < 4.78 is 6.92. The van der Waals surface area contributed by atoms with Crippen molar-refractivity contribution in [1.29, 1.82) is 0 Å². The van der Waals surface area contributed by atoms with Crippen LogP contribution in [0.5, 0.6) is 0 Å². The minimum atomic E-state index is -1.03. The van der Waals surface area contributed by atoms with Crippen LogP contribution in [-0.2, 0) is 16.1 Å². The van der Waals surface area contributed by atoms with Gasteiger partial charge in [0.15, 0.2) is 0 Å². The molecule has 4 aromatic rings. The summed E-state index contributed by atoms with van der Waals surface area (Å²) in [6.07, 6.45) is 6.78. The van der Waals surface area contributed by atoms with Gasteiger partial charge in [-0.05, 0) is 37.3 Å². The van der Waals surface area contributed by atoms with Crippen molar-refractivity contribution >= 4 is 11.9 Å². The van der Waals surface area contributed by atoms with E-state index in [1.807, 2.05) is 36.4 Å². The molecule has 0 fully saturated rings. The molecule has 1 atom stereocenters. The van der Waals surface area contributed by atoms with E-state index in [1.54, 1.807) is 29.9 Å². The average molecular weight is 455 g/mol. The van der Waals surface area contributed by atoms with Crippen LogP contribution in [0.2, 0.25) is 0 Å². The number of carbonyl (C=O) groups is 1. The highest BCUT2D eigenvalue weighted by Crippen LogP contribution is 2.24. The molecule has 0 aliphatic rings. The Morgan fingerprint density at radius 3 is 2.74 bits per heavy atom. The third kappa shape index (κ3) is 5.40. The van der Waals surface area contributed by atoms with Crippen LogP contribution in [0.1, 0.15) is 30.0 Å². The Bertz CT molecular complexity index is 1380. The number of benzene rings is 1. The lowest BCUT2D eigenvalue weighted by atomic mass is 10.1. The van der Waals surface area contributed by atoms with E-state index < -0.39 is 18.7 Å². The molecule has 0 radical (unpaired) electrons. The number of anilines is 1. The maximum Gasteiger partial charge on any atom is 0.329 e. The van der Waals surface area contributed by atoms with Crippen LogP contribution in [0.15, 0.2) is 54.7 Å². The van der Waals surface area contributed by atoms with Crippen LogP contribution in [0, 0.1) is 12.3 Å². The minimum absolute atomic E-state index is 0.109. The molecule has 10 heteroatoms. The summed E-state index contributed by atoms with van der Waals surface area (Å²) in [4.78, 5) is 23.9. The fraction of sp³-hybridized carbons (Fsp3) is 0.167. The highest BCUT2D eigenvalue weighted by molar-refractivity contribution is 5.68. The van der Waals surface area contributed by atoms with Crippen molar-refractivity contribution < 1.29 is 14.6 Å². The molecule has 4 rings (SSSR count). The van der Waals surface area contributed by atoms with Crippen LogP contribution in [0.3, 0.4) is 0 Å². The Kier molecular flexibility index (Phi) is 6.57. The normalized spacial score (nSPS) is 11.6. The van der Waals surface area contributed by atoms with Crippen molar-refractivity contribution in [3.05, 3.63) is 71.7 Å². The summed E-state index contributed by atoms with van der Waals surface area (Å²) in [6, 6.07) is 14.7. The Morgan fingerprint density at radius 1 is 1.15 bits per heavy atom. The van der Waals surface area contributed by atoms with Crippen LogP contribution in [0.4, 0.5) is 5.95 Å². The van der Waals surface area contributed by atoms with E-state index in [2.05, 4.69) is 31.2 Å². The summed E-state index contributed by atoms with van der Waals surface area (Å²) in [6.45, 7) is 1.71. The van der Waals surface area contributed by atoms with E-state index in [4.69, 9.17) is 22.0 Å². The predicted molar refractivity (Wildman–Crippen MR) is 124 cm³/mol. The molecule has 3 N–H and O–H groups in total. The van der Waals surface area contributed by atoms with Crippen LogP contribution in [-0.4, -0.2) is 47.6 Å². The number of terminal acetylenes is 1. The van der Waals surface area contributed by atoms with Crippen molar-refractivity contribution in [1.82, 2.24) is 29.9 Å². The van der Waals surface area contributed by atoms with Crippen molar-refractivity contribution in [2.75, 3.05) is 12.3 Å². The third-order valence-corrected chi connectivity index (χ3v) is 4.90. The number of aliphatic carboxylic acids is 1. The maximum atomic E-state index is 10.7. The smallest absolute Gasteiger partial charge is 0.329 e. The molecule has 0 bridgehead atoms. The Labute approximate surface area is 195 Å². The Balaban J connectivity index is 1.54. The van der Waals surface area contributed by atoms with E-state index in [0.29, 0.717) is 35.0 Å². The predicted octanol–water partition coefficient (Wildman–Crippen LogP) is 2.57. The van der Waals surface area contributed by atoms with Crippen molar-refractivity contribution in [3.63, 3.8) is 0 Å².